The first-order valence-electron chi connectivity index (χ1n) is 9.80. The second-order valence-corrected chi connectivity index (χ2v) is 8.11. The summed E-state index contributed by atoms with van der Waals surface area (Å²) in [6, 6.07) is 14.7. The van der Waals surface area contributed by atoms with Gasteiger partial charge in [0.05, 0.1) is 10.0 Å². The SMILES string of the molecule is Cc1cc(/C=C(\C#N)C(=O)NCc2ccc3c(c2)OCO3)c(C)n1-c1ccc(Cl)c(Cl)c1. The number of fused-ring (bicyclic) bond motifs is 1. The van der Waals surface area contributed by atoms with Gasteiger partial charge < -0.3 is 19.4 Å². The van der Waals surface area contributed by atoms with Gasteiger partial charge in [-0.15, -0.1) is 0 Å². The molecule has 1 aromatic heterocycles. The zero-order valence-corrected chi connectivity index (χ0v) is 18.9. The molecule has 1 amide bonds. The molecule has 4 rings (SSSR count). The van der Waals surface area contributed by atoms with Gasteiger partial charge in [-0.05, 0) is 67.4 Å². The molecule has 0 radical (unpaired) electrons. The Balaban J connectivity index is 1.54. The lowest BCUT2D eigenvalue weighted by Crippen LogP contribution is -2.23. The predicted molar refractivity (Wildman–Crippen MR) is 123 cm³/mol. The molecular formula is C24H19Cl2N3O3. The molecule has 1 aliphatic heterocycles. The maximum atomic E-state index is 12.6. The van der Waals surface area contributed by atoms with E-state index in [-0.39, 0.29) is 18.9 Å². The molecule has 1 N–H and O–H groups in total. The van der Waals surface area contributed by atoms with Crippen molar-refractivity contribution in [3.63, 3.8) is 0 Å². The summed E-state index contributed by atoms with van der Waals surface area (Å²) in [4.78, 5) is 12.6. The number of hydrogen-bond acceptors (Lipinski definition) is 4. The van der Waals surface area contributed by atoms with Crippen LogP contribution in [0.5, 0.6) is 11.5 Å². The molecule has 0 aliphatic carbocycles. The summed E-state index contributed by atoms with van der Waals surface area (Å²) in [5, 5.41) is 13.3. The number of aromatic nitrogens is 1. The summed E-state index contributed by atoms with van der Waals surface area (Å²) < 4.78 is 12.6. The van der Waals surface area contributed by atoms with Crippen LogP contribution in [-0.2, 0) is 11.3 Å². The van der Waals surface area contributed by atoms with Gasteiger partial charge in [0.1, 0.15) is 11.6 Å². The molecule has 162 valence electrons. The number of nitriles is 1. The maximum absolute atomic E-state index is 12.6. The summed E-state index contributed by atoms with van der Waals surface area (Å²) >= 11 is 12.2. The predicted octanol–water partition coefficient (Wildman–Crippen LogP) is 5.35. The molecule has 0 bridgehead atoms. The highest BCUT2D eigenvalue weighted by atomic mass is 35.5. The molecule has 0 spiro atoms. The van der Waals surface area contributed by atoms with Gasteiger partial charge in [0.25, 0.3) is 5.91 Å². The van der Waals surface area contributed by atoms with Gasteiger partial charge in [-0.2, -0.15) is 5.26 Å². The summed E-state index contributed by atoms with van der Waals surface area (Å²) in [7, 11) is 0. The number of ether oxygens (including phenoxy) is 2. The fourth-order valence-corrected chi connectivity index (χ4v) is 3.88. The largest absolute Gasteiger partial charge is 0.454 e. The molecule has 0 fully saturated rings. The van der Waals surface area contributed by atoms with Gasteiger partial charge in [-0.1, -0.05) is 29.3 Å². The summed E-state index contributed by atoms with van der Waals surface area (Å²) in [5.74, 6) is 0.863. The molecule has 8 heteroatoms. The third-order valence-corrected chi connectivity index (χ3v) is 5.93. The van der Waals surface area contributed by atoms with E-state index in [1.807, 2.05) is 48.7 Å². The number of nitrogens with one attached hydrogen (secondary N) is 1. The van der Waals surface area contributed by atoms with E-state index in [2.05, 4.69) is 5.32 Å². The van der Waals surface area contributed by atoms with E-state index >= 15 is 0 Å². The highest BCUT2D eigenvalue weighted by Gasteiger charge is 2.16. The molecule has 1 aliphatic rings. The van der Waals surface area contributed by atoms with Crippen LogP contribution in [0, 0.1) is 25.2 Å². The van der Waals surface area contributed by atoms with E-state index in [4.69, 9.17) is 32.7 Å². The normalized spacial score (nSPS) is 12.5. The van der Waals surface area contributed by atoms with E-state index < -0.39 is 5.91 Å². The topological polar surface area (TPSA) is 76.3 Å². The second-order valence-electron chi connectivity index (χ2n) is 7.30. The Morgan fingerprint density at radius 2 is 1.91 bits per heavy atom. The number of amides is 1. The Labute approximate surface area is 195 Å². The van der Waals surface area contributed by atoms with Crippen molar-refractivity contribution < 1.29 is 14.3 Å². The first-order valence-corrected chi connectivity index (χ1v) is 10.6. The van der Waals surface area contributed by atoms with E-state index in [9.17, 15) is 10.1 Å². The molecule has 6 nitrogen and oxygen atoms in total. The van der Waals surface area contributed by atoms with E-state index in [1.54, 1.807) is 24.3 Å². The minimum Gasteiger partial charge on any atom is -0.454 e. The zero-order valence-electron chi connectivity index (χ0n) is 17.4. The Hall–Kier alpha value is -3.40. The van der Waals surface area contributed by atoms with Crippen molar-refractivity contribution in [3.05, 3.63) is 80.6 Å². The number of carbonyl (C=O) groups is 1. The van der Waals surface area contributed by atoms with Crippen molar-refractivity contribution in [2.24, 2.45) is 0 Å². The first-order chi connectivity index (χ1) is 15.4. The van der Waals surface area contributed by atoms with E-state index in [0.29, 0.717) is 21.5 Å². The number of hydrogen-bond donors (Lipinski definition) is 1. The highest BCUT2D eigenvalue weighted by Crippen LogP contribution is 2.32. The van der Waals surface area contributed by atoms with Gasteiger partial charge in [0, 0.05) is 23.6 Å². The van der Waals surface area contributed by atoms with Gasteiger partial charge in [-0.25, -0.2) is 0 Å². The number of aryl methyl sites for hydroxylation is 1. The van der Waals surface area contributed by atoms with Crippen LogP contribution >= 0.6 is 23.2 Å². The number of halogens is 2. The number of nitrogens with zero attached hydrogens (tertiary/aromatic N) is 2. The lowest BCUT2D eigenvalue weighted by molar-refractivity contribution is -0.117. The van der Waals surface area contributed by atoms with Gasteiger partial charge >= 0.3 is 0 Å². The lowest BCUT2D eigenvalue weighted by atomic mass is 10.1. The summed E-state index contributed by atoms with van der Waals surface area (Å²) in [6.07, 6.45) is 1.59. The van der Waals surface area contributed by atoms with Gasteiger partial charge in [0.15, 0.2) is 11.5 Å². The molecule has 2 aromatic carbocycles. The van der Waals surface area contributed by atoms with Crippen molar-refractivity contribution in [3.8, 4) is 23.3 Å². The average Bonchev–Trinajstić information content (AvgIpc) is 3.35. The number of carbonyl (C=O) groups excluding carboxylic acids is 1. The van der Waals surface area contributed by atoms with Crippen molar-refractivity contribution in [1.82, 2.24) is 9.88 Å². The smallest absolute Gasteiger partial charge is 0.262 e. The van der Waals surface area contributed by atoms with Crippen molar-refractivity contribution >= 4 is 35.2 Å². The third-order valence-electron chi connectivity index (χ3n) is 5.19. The zero-order chi connectivity index (χ0) is 22.8. The van der Waals surface area contributed by atoms with Crippen LogP contribution in [0.15, 0.2) is 48.0 Å². The standard InChI is InChI=1S/C24H19Cl2N3O3/c1-14-7-17(15(2)29(14)19-4-5-20(25)21(26)10-19)9-18(11-27)24(30)28-12-16-3-6-22-23(8-16)32-13-31-22/h3-10H,12-13H2,1-2H3,(H,28,30)/b18-9+. The lowest BCUT2D eigenvalue weighted by Gasteiger charge is -2.10. The van der Waals surface area contributed by atoms with Crippen molar-refractivity contribution in [1.29, 1.82) is 5.26 Å². The maximum Gasteiger partial charge on any atom is 0.262 e. The van der Waals surface area contributed by atoms with Crippen LogP contribution < -0.4 is 14.8 Å². The van der Waals surface area contributed by atoms with Gasteiger partial charge in [-0.3, -0.25) is 4.79 Å². The molecule has 0 unspecified atom stereocenters. The van der Waals surface area contributed by atoms with Crippen molar-refractivity contribution in [2.75, 3.05) is 6.79 Å². The Morgan fingerprint density at radius 3 is 2.66 bits per heavy atom. The Morgan fingerprint density at radius 1 is 1.12 bits per heavy atom. The van der Waals surface area contributed by atoms with E-state index in [0.717, 1.165) is 28.2 Å². The minimum absolute atomic E-state index is 0.0140. The second kappa shape index (κ2) is 8.99. The number of benzene rings is 2. The molecule has 0 saturated heterocycles. The van der Waals surface area contributed by atoms with Crippen LogP contribution in [0.2, 0.25) is 10.0 Å². The summed E-state index contributed by atoms with van der Waals surface area (Å²) in [5.41, 5.74) is 4.28. The molecule has 2 heterocycles. The fourth-order valence-electron chi connectivity index (χ4n) is 3.59. The third kappa shape index (κ3) is 4.31. The highest BCUT2D eigenvalue weighted by molar-refractivity contribution is 6.42. The number of rotatable bonds is 5. The Kier molecular flexibility index (Phi) is 6.13. The van der Waals surface area contributed by atoms with Crippen LogP contribution in [0.1, 0.15) is 22.5 Å². The summed E-state index contributed by atoms with van der Waals surface area (Å²) in [6.45, 7) is 4.31. The van der Waals surface area contributed by atoms with Crippen LogP contribution in [-0.4, -0.2) is 17.3 Å². The molecule has 0 saturated carbocycles. The van der Waals surface area contributed by atoms with Crippen LogP contribution in [0.3, 0.4) is 0 Å². The fraction of sp³-hybridized carbons (Fsp3) is 0.167. The Bertz CT molecular complexity index is 1290. The van der Waals surface area contributed by atoms with Crippen LogP contribution in [0.4, 0.5) is 0 Å². The van der Waals surface area contributed by atoms with Crippen molar-refractivity contribution in [2.45, 2.75) is 20.4 Å². The first kappa shape index (κ1) is 21.8. The molecule has 0 atom stereocenters. The molecule has 32 heavy (non-hydrogen) atoms. The van der Waals surface area contributed by atoms with E-state index in [1.165, 1.54) is 0 Å². The van der Waals surface area contributed by atoms with Crippen LogP contribution in [0.25, 0.3) is 11.8 Å². The van der Waals surface area contributed by atoms with Gasteiger partial charge in [0.2, 0.25) is 6.79 Å². The monoisotopic (exact) mass is 467 g/mol. The minimum atomic E-state index is -0.454. The average molecular weight is 468 g/mol. The quantitative estimate of drug-likeness (QED) is 0.405. The molecule has 3 aromatic rings. The molecular weight excluding hydrogens is 449 g/mol.